The van der Waals surface area contributed by atoms with Crippen molar-refractivity contribution in [1.82, 2.24) is 9.55 Å². The highest BCUT2D eigenvalue weighted by Gasteiger charge is 2.21. The van der Waals surface area contributed by atoms with E-state index in [1.165, 1.54) is 0 Å². The van der Waals surface area contributed by atoms with E-state index >= 15 is 0 Å². The molecule has 0 saturated carbocycles. The highest BCUT2D eigenvalue weighted by Crippen LogP contribution is 2.24. The Hall–Kier alpha value is -5.21. The number of hydrogen-bond donors (Lipinski definition) is 2. The standard InChI is InChI=1S/C36H35N3O5/c1-25-33(39(24-43-2)35(37-25)28-13-7-4-8-14-28)21-22-44-29-19-17-26(18-20-29)23-32(36(41)42)38-31-16-10-9-15-30(31)34(40)27-11-5-3-6-12-27/h3-20,32,38H,21-24H2,1-2H3,(H,41,42)/t32-/m0/s1. The van der Waals surface area contributed by atoms with Crippen molar-refractivity contribution in [3.63, 3.8) is 0 Å². The monoisotopic (exact) mass is 589 g/mol. The van der Waals surface area contributed by atoms with E-state index in [2.05, 4.69) is 9.88 Å². The predicted molar refractivity (Wildman–Crippen MR) is 170 cm³/mol. The minimum Gasteiger partial charge on any atom is -0.493 e. The first-order valence-corrected chi connectivity index (χ1v) is 14.4. The van der Waals surface area contributed by atoms with E-state index in [1.54, 1.807) is 55.6 Å². The molecule has 0 fully saturated rings. The van der Waals surface area contributed by atoms with Gasteiger partial charge in [0.1, 0.15) is 24.3 Å². The zero-order valence-corrected chi connectivity index (χ0v) is 24.8. The van der Waals surface area contributed by atoms with Crippen LogP contribution in [0.15, 0.2) is 109 Å². The molecule has 0 spiro atoms. The Bertz CT molecular complexity index is 1700. The maximum atomic E-state index is 13.1. The van der Waals surface area contributed by atoms with Crippen LogP contribution in [0.4, 0.5) is 5.69 Å². The number of anilines is 1. The molecular weight excluding hydrogens is 554 g/mol. The van der Waals surface area contributed by atoms with Gasteiger partial charge >= 0.3 is 5.97 Å². The van der Waals surface area contributed by atoms with Gasteiger partial charge in [0.15, 0.2) is 5.78 Å². The zero-order valence-electron chi connectivity index (χ0n) is 24.8. The summed E-state index contributed by atoms with van der Waals surface area (Å²) in [7, 11) is 1.67. The minimum atomic E-state index is -1.01. The average Bonchev–Trinajstić information content (AvgIpc) is 3.36. The lowest BCUT2D eigenvalue weighted by atomic mass is 10.00. The van der Waals surface area contributed by atoms with Gasteiger partial charge in [-0.25, -0.2) is 9.78 Å². The molecule has 8 nitrogen and oxygen atoms in total. The Kier molecular flexibility index (Phi) is 9.84. The SMILES string of the molecule is COCn1c(-c2ccccc2)nc(C)c1CCOc1ccc(C[C@H](Nc2ccccc2C(=O)c2ccccc2)C(=O)O)cc1. The quantitative estimate of drug-likeness (QED) is 0.144. The van der Waals surface area contributed by atoms with E-state index < -0.39 is 12.0 Å². The molecule has 0 bridgehead atoms. The highest BCUT2D eigenvalue weighted by atomic mass is 16.5. The van der Waals surface area contributed by atoms with Crippen molar-refractivity contribution in [3.8, 4) is 17.1 Å². The van der Waals surface area contributed by atoms with Crippen LogP contribution in [0.5, 0.6) is 5.75 Å². The first-order valence-electron chi connectivity index (χ1n) is 14.4. The van der Waals surface area contributed by atoms with Crippen molar-refractivity contribution in [1.29, 1.82) is 0 Å². The first-order chi connectivity index (χ1) is 21.4. The summed E-state index contributed by atoms with van der Waals surface area (Å²) < 4.78 is 13.6. The molecule has 5 aromatic rings. The summed E-state index contributed by atoms with van der Waals surface area (Å²) in [6.45, 7) is 2.82. The van der Waals surface area contributed by atoms with Crippen molar-refractivity contribution >= 4 is 17.4 Å². The number of aryl methyl sites for hydroxylation is 1. The molecule has 224 valence electrons. The lowest BCUT2D eigenvalue weighted by molar-refractivity contribution is -0.137. The van der Waals surface area contributed by atoms with Gasteiger partial charge in [-0.15, -0.1) is 0 Å². The second kappa shape index (κ2) is 14.3. The number of ether oxygens (including phenoxy) is 2. The number of ketones is 1. The smallest absolute Gasteiger partial charge is 0.326 e. The van der Waals surface area contributed by atoms with Crippen LogP contribution >= 0.6 is 0 Å². The number of benzene rings is 4. The molecule has 1 heterocycles. The molecule has 44 heavy (non-hydrogen) atoms. The number of methoxy groups -OCH3 is 1. The van der Waals surface area contributed by atoms with Crippen LogP contribution in [0.1, 0.15) is 32.9 Å². The number of carbonyl (C=O) groups excluding carboxylic acids is 1. The molecule has 0 saturated heterocycles. The summed E-state index contributed by atoms with van der Waals surface area (Å²) >= 11 is 0. The number of aliphatic carboxylic acids is 1. The largest absolute Gasteiger partial charge is 0.493 e. The van der Waals surface area contributed by atoms with Gasteiger partial charge in [-0.05, 0) is 36.8 Å². The van der Waals surface area contributed by atoms with E-state index in [1.807, 2.05) is 67.6 Å². The van der Waals surface area contributed by atoms with Gasteiger partial charge in [0.05, 0.1) is 12.3 Å². The number of carboxylic acid groups (broad SMARTS) is 1. The Morgan fingerprint density at radius 1 is 0.886 bits per heavy atom. The van der Waals surface area contributed by atoms with Crippen molar-refractivity contribution in [2.75, 3.05) is 19.0 Å². The fraction of sp³-hybridized carbons (Fsp3) is 0.194. The molecule has 2 N–H and O–H groups in total. The Balaban J connectivity index is 1.22. The van der Waals surface area contributed by atoms with Gasteiger partial charge in [0.2, 0.25) is 0 Å². The van der Waals surface area contributed by atoms with E-state index in [-0.39, 0.29) is 12.2 Å². The molecule has 0 aliphatic carbocycles. The summed E-state index contributed by atoms with van der Waals surface area (Å²) in [4.78, 5) is 30.1. The number of para-hydroxylation sites is 1. The topological polar surface area (TPSA) is 103 Å². The number of carboxylic acids is 1. The molecule has 4 aromatic carbocycles. The lowest BCUT2D eigenvalue weighted by Gasteiger charge is -2.18. The number of nitrogens with zero attached hydrogens (tertiary/aromatic N) is 2. The summed E-state index contributed by atoms with van der Waals surface area (Å²) in [5.74, 6) is 0.366. The molecular formula is C36H35N3O5. The number of carbonyl (C=O) groups is 2. The minimum absolute atomic E-state index is 0.170. The van der Waals surface area contributed by atoms with Gasteiger partial charge in [0, 0.05) is 48.0 Å². The number of rotatable bonds is 14. The van der Waals surface area contributed by atoms with Crippen LogP contribution < -0.4 is 10.1 Å². The van der Waals surface area contributed by atoms with Crippen molar-refractivity contribution in [2.45, 2.75) is 32.5 Å². The van der Waals surface area contributed by atoms with Crippen LogP contribution in [0.2, 0.25) is 0 Å². The van der Waals surface area contributed by atoms with E-state index in [0.29, 0.717) is 42.3 Å². The Morgan fingerprint density at radius 3 is 2.23 bits per heavy atom. The third kappa shape index (κ3) is 7.22. The molecule has 0 unspecified atom stereocenters. The first kappa shape index (κ1) is 30.3. The predicted octanol–water partition coefficient (Wildman–Crippen LogP) is 6.42. The zero-order chi connectivity index (χ0) is 30.9. The number of hydrogen-bond acceptors (Lipinski definition) is 6. The molecule has 0 radical (unpaired) electrons. The van der Waals surface area contributed by atoms with Crippen LogP contribution in [0.3, 0.4) is 0 Å². The fourth-order valence-corrected chi connectivity index (χ4v) is 5.16. The summed E-state index contributed by atoms with van der Waals surface area (Å²) in [5.41, 5.74) is 5.27. The molecule has 1 aromatic heterocycles. The van der Waals surface area contributed by atoms with Crippen molar-refractivity contribution in [2.24, 2.45) is 0 Å². The molecule has 8 heteroatoms. The van der Waals surface area contributed by atoms with Crippen molar-refractivity contribution in [3.05, 3.63) is 137 Å². The van der Waals surface area contributed by atoms with Gasteiger partial charge in [-0.1, -0.05) is 84.9 Å². The van der Waals surface area contributed by atoms with Gasteiger partial charge < -0.3 is 24.5 Å². The Labute approximate surface area is 256 Å². The van der Waals surface area contributed by atoms with Gasteiger partial charge in [-0.2, -0.15) is 0 Å². The van der Waals surface area contributed by atoms with Crippen LogP contribution in [-0.2, 0) is 29.1 Å². The van der Waals surface area contributed by atoms with Gasteiger partial charge in [0.25, 0.3) is 0 Å². The molecule has 5 rings (SSSR count). The van der Waals surface area contributed by atoms with Crippen LogP contribution in [0.25, 0.3) is 11.4 Å². The molecule has 0 aliphatic heterocycles. The summed E-state index contributed by atoms with van der Waals surface area (Å²) in [6.07, 6.45) is 0.865. The maximum absolute atomic E-state index is 13.1. The summed E-state index contributed by atoms with van der Waals surface area (Å²) in [5, 5.41) is 13.1. The maximum Gasteiger partial charge on any atom is 0.326 e. The van der Waals surface area contributed by atoms with E-state index in [0.717, 1.165) is 28.3 Å². The molecule has 1 atom stereocenters. The second-order valence-electron chi connectivity index (χ2n) is 10.4. The third-order valence-corrected chi connectivity index (χ3v) is 7.37. The Morgan fingerprint density at radius 2 is 1.55 bits per heavy atom. The highest BCUT2D eigenvalue weighted by molar-refractivity contribution is 6.12. The second-order valence-corrected chi connectivity index (χ2v) is 10.4. The van der Waals surface area contributed by atoms with Crippen LogP contribution in [0, 0.1) is 6.92 Å². The molecule has 0 amide bonds. The average molecular weight is 590 g/mol. The van der Waals surface area contributed by atoms with Crippen molar-refractivity contribution < 1.29 is 24.2 Å². The van der Waals surface area contributed by atoms with E-state index in [9.17, 15) is 14.7 Å². The third-order valence-electron chi connectivity index (χ3n) is 7.37. The number of nitrogens with one attached hydrogen (secondary N) is 1. The number of aromatic nitrogens is 2. The lowest BCUT2D eigenvalue weighted by Crippen LogP contribution is -2.32. The fourth-order valence-electron chi connectivity index (χ4n) is 5.16. The van der Waals surface area contributed by atoms with E-state index in [4.69, 9.17) is 14.5 Å². The normalized spacial score (nSPS) is 11.6. The molecule has 0 aliphatic rings. The van der Waals surface area contributed by atoms with Gasteiger partial charge in [-0.3, -0.25) is 4.79 Å². The van der Waals surface area contributed by atoms with Crippen LogP contribution in [-0.4, -0.2) is 46.2 Å². The summed E-state index contributed by atoms with van der Waals surface area (Å²) in [6, 6.07) is 32.4. The number of imidazole rings is 1.